The maximum absolute atomic E-state index is 11.9. The van der Waals surface area contributed by atoms with Gasteiger partial charge in [-0.05, 0) is 36.0 Å². The number of imidazole rings is 1. The third kappa shape index (κ3) is 2.63. The lowest BCUT2D eigenvalue weighted by Gasteiger charge is -2.04. The Morgan fingerprint density at radius 2 is 2.08 bits per heavy atom. The van der Waals surface area contributed by atoms with Crippen LogP contribution in [0.4, 0.5) is 4.79 Å². The fraction of sp³-hybridized carbons (Fsp3) is 0. The molecule has 4 rings (SSSR count). The molecule has 0 saturated carbocycles. The standard InChI is InChI=1S/C15H7Cl2N3O2S2/c16-7-1-2-8(9(17)5-7)12-10(20-3-4-23-14(20)18-12)6-11-13(21)19-15(22)24-11/h1-6H,(H,19,21,22)/b11-6-. The molecular weight excluding hydrogens is 389 g/mol. The Hall–Kier alpha value is -1.80. The Kier molecular flexibility index (Phi) is 3.88. The summed E-state index contributed by atoms with van der Waals surface area (Å²) in [5.74, 6) is -0.414. The van der Waals surface area contributed by atoms with E-state index < -0.39 is 5.91 Å². The van der Waals surface area contributed by atoms with E-state index in [4.69, 9.17) is 23.2 Å². The number of benzene rings is 1. The van der Waals surface area contributed by atoms with Crippen LogP contribution < -0.4 is 5.32 Å². The number of nitrogens with one attached hydrogen (secondary N) is 1. The number of fused-ring (bicyclic) bond motifs is 1. The maximum Gasteiger partial charge on any atom is 0.290 e. The number of rotatable bonds is 2. The summed E-state index contributed by atoms with van der Waals surface area (Å²) in [6.07, 6.45) is 3.50. The fourth-order valence-electron chi connectivity index (χ4n) is 2.37. The topological polar surface area (TPSA) is 63.5 Å². The average Bonchev–Trinajstić information content (AvgIpc) is 3.17. The van der Waals surface area contributed by atoms with Gasteiger partial charge in [-0.3, -0.25) is 19.3 Å². The first-order chi connectivity index (χ1) is 11.5. The Balaban J connectivity index is 1.94. The molecule has 1 fully saturated rings. The summed E-state index contributed by atoms with van der Waals surface area (Å²) in [6.45, 7) is 0. The van der Waals surface area contributed by atoms with Crippen molar-refractivity contribution in [3.05, 3.63) is 50.4 Å². The molecule has 0 atom stereocenters. The highest BCUT2D eigenvalue weighted by Gasteiger charge is 2.27. The largest absolute Gasteiger partial charge is 0.290 e. The van der Waals surface area contributed by atoms with Crippen LogP contribution in [0.15, 0.2) is 34.7 Å². The van der Waals surface area contributed by atoms with Gasteiger partial charge in [-0.25, -0.2) is 4.98 Å². The molecule has 2 amide bonds. The number of amides is 2. The van der Waals surface area contributed by atoms with Crippen molar-refractivity contribution in [2.45, 2.75) is 0 Å². The molecule has 0 radical (unpaired) electrons. The average molecular weight is 396 g/mol. The monoisotopic (exact) mass is 395 g/mol. The van der Waals surface area contributed by atoms with Gasteiger partial charge in [-0.2, -0.15) is 0 Å². The molecule has 1 saturated heterocycles. The van der Waals surface area contributed by atoms with Crippen LogP contribution in [0.3, 0.4) is 0 Å². The molecule has 2 aromatic heterocycles. The predicted octanol–water partition coefficient (Wildman–Crippen LogP) is 4.69. The normalized spacial score (nSPS) is 16.3. The van der Waals surface area contributed by atoms with Crippen molar-refractivity contribution in [3.63, 3.8) is 0 Å². The first-order valence-electron chi connectivity index (χ1n) is 6.69. The quantitative estimate of drug-likeness (QED) is 0.639. The first-order valence-corrected chi connectivity index (χ1v) is 9.14. The first kappa shape index (κ1) is 15.7. The van der Waals surface area contributed by atoms with Crippen LogP contribution in [0.5, 0.6) is 0 Å². The molecule has 1 aromatic carbocycles. The van der Waals surface area contributed by atoms with Crippen LogP contribution in [-0.4, -0.2) is 20.5 Å². The van der Waals surface area contributed by atoms with Crippen molar-refractivity contribution in [1.82, 2.24) is 14.7 Å². The van der Waals surface area contributed by atoms with Gasteiger partial charge in [-0.1, -0.05) is 23.2 Å². The summed E-state index contributed by atoms with van der Waals surface area (Å²) in [5.41, 5.74) is 2.02. The fourth-order valence-corrected chi connectivity index (χ4v) is 4.24. The van der Waals surface area contributed by atoms with E-state index in [2.05, 4.69) is 10.3 Å². The molecule has 5 nitrogen and oxygen atoms in total. The van der Waals surface area contributed by atoms with E-state index in [1.807, 2.05) is 16.0 Å². The van der Waals surface area contributed by atoms with Gasteiger partial charge in [0, 0.05) is 22.2 Å². The van der Waals surface area contributed by atoms with Gasteiger partial charge in [0.1, 0.15) is 0 Å². The number of hydrogen-bond donors (Lipinski definition) is 1. The van der Waals surface area contributed by atoms with Crippen molar-refractivity contribution in [3.8, 4) is 11.3 Å². The van der Waals surface area contributed by atoms with Gasteiger partial charge in [0.05, 0.1) is 21.3 Å². The minimum Gasteiger partial charge on any atom is -0.290 e. The minimum atomic E-state index is -0.414. The van der Waals surface area contributed by atoms with E-state index in [9.17, 15) is 9.59 Å². The number of thioether (sulfide) groups is 1. The van der Waals surface area contributed by atoms with Crippen molar-refractivity contribution >= 4 is 68.5 Å². The van der Waals surface area contributed by atoms with Gasteiger partial charge in [0.25, 0.3) is 11.1 Å². The molecule has 120 valence electrons. The van der Waals surface area contributed by atoms with Gasteiger partial charge in [0.15, 0.2) is 4.96 Å². The van der Waals surface area contributed by atoms with E-state index in [0.29, 0.717) is 31.9 Å². The Morgan fingerprint density at radius 1 is 1.25 bits per heavy atom. The second-order valence-electron chi connectivity index (χ2n) is 4.88. The number of carbonyl (C=O) groups excluding carboxylic acids is 2. The van der Waals surface area contributed by atoms with Crippen molar-refractivity contribution < 1.29 is 9.59 Å². The van der Waals surface area contributed by atoms with Crippen molar-refractivity contribution in [2.75, 3.05) is 0 Å². The molecule has 1 aliphatic rings. The van der Waals surface area contributed by atoms with E-state index >= 15 is 0 Å². The molecule has 1 aliphatic heterocycles. The molecule has 24 heavy (non-hydrogen) atoms. The highest BCUT2D eigenvalue weighted by Crippen LogP contribution is 2.36. The highest BCUT2D eigenvalue weighted by molar-refractivity contribution is 8.18. The molecular formula is C15H7Cl2N3O2S2. The van der Waals surface area contributed by atoms with Gasteiger partial charge in [0.2, 0.25) is 0 Å². The van der Waals surface area contributed by atoms with Gasteiger partial charge >= 0.3 is 0 Å². The van der Waals surface area contributed by atoms with E-state index in [1.165, 1.54) is 11.3 Å². The number of thiazole rings is 1. The Bertz CT molecular complexity index is 1040. The second kappa shape index (κ2) is 5.93. The van der Waals surface area contributed by atoms with Crippen LogP contribution >= 0.6 is 46.3 Å². The molecule has 0 bridgehead atoms. The zero-order valence-electron chi connectivity index (χ0n) is 11.7. The molecule has 0 aliphatic carbocycles. The molecule has 3 aromatic rings. The van der Waals surface area contributed by atoms with E-state index in [0.717, 1.165) is 16.7 Å². The van der Waals surface area contributed by atoms with Gasteiger partial charge < -0.3 is 0 Å². The molecule has 1 N–H and O–H groups in total. The molecule has 3 heterocycles. The number of carbonyl (C=O) groups is 2. The Morgan fingerprint density at radius 3 is 2.79 bits per heavy atom. The summed E-state index contributed by atoms with van der Waals surface area (Å²) in [5, 5.41) is 4.75. The van der Waals surface area contributed by atoms with Crippen LogP contribution in [0.1, 0.15) is 5.69 Å². The lowest BCUT2D eigenvalue weighted by atomic mass is 10.1. The second-order valence-corrected chi connectivity index (χ2v) is 7.61. The molecule has 0 spiro atoms. The zero-order valence-corrected chi connectivity index (χ0v) is 14.9. The van der Waals surface area contributed by atoms with E-state index in [-0.39, 0.29) is 5.24 Å². The molecule has 9 heteroatoms. The SMILES string of the molecule is O=C1NC(=O)/C(=C/c2c(-c3ccc(Cl)cc3Cl)nc3sccn23)S1. The summed E-state index contributed by atoms with van der Waals surface area (Å²) in [6, 6.07) is 5.16. The van der Waals surface area contributed by atoms with Crippen LogP contribution in [-0.2, 0) is 4.79 Å². The summed E-state index contributed by atoms with van der Waals surface area (Å²) in [4.78, 5) is 28.9. The third-order valence-corrected chi connectivity index (χ3v) is 5.51. The van der Waals surface area contributed by atoms with Crippen LogP contribution in [0.2, 0.25) is 10.0 Å². The summed E-state index contributed by atoms with van der Waals surface area (Å²) < 4.78 is 1.86. The summed E-state index contributed by atoms with van der Waals surface area (Å²) >= 11 is 14.6. The lowest BCUT2D eigenvalue weighted by molar-refractivity contribution is -0.115. The number of hydrogen-bond acceptors (Lipinski definition) is 5. The highest BCUT2D eigenvalue weighted by atomic mass is 35.5. The van der Waals surface area contributed by atoms with E-state index in [1.54, 1.807) is 24.3 Å². The zero-order chi connectivity index (χ0) is 16.8. The number of imide groups is 1. The van der Waals surface area contributed by atoms with Crippen LogP contribution in [0.25, 0.3) is 22.3 Å². The third-order valence-electron chi connectivity index (χ3n) is 3.40. The van der Waals surface area contributed by atoms with Crippen LogP contribution in [0, 0.1) is 0 Å². The van der Waals surface area contributed by atoms with Crippen molar-refractivity contribution in [2.24, 2.45) is 0 Å². The number of aromatic nitrogens is 2. The predicted molar refractivity (Wildman–Crippen MR) is 97.6 cm³/mol. The van der Waals surface area contributed by atoms with Gasteiger partial charge in [-0.15, -0.1) is 11.3 Å². The van der Waals surface area contributed by atoms with Crippen molar-refractivity contribution in [1.29, 1.82) is 0 Å². The minimum absolute atomic E-state index is 0.319. The molecule has 0 unspecified atom stereocenters. The number of nitrogens with zero attached hydrogens (tertiary/aromatic N) is 2. The lowest BCUT2D eigenvalue weighted by Crippen LogP contribution is -2.17. The smallest absolute Gasteiger partial charge is 0.290 e. The maximum atomic E-state index is 11.9. The summed E-state index contributed by atoms with van der Waals surface area (Å²) in [7, 11) is 0. The Labute approximate surface area is 154 Å². The number of halogens is 2.